The minimum atomic E-state index is -0.465. The lowest BCUT2D eigenvalue weighted by molar-refractivity contribution is -0.125. The molecule has 0 spiro atoms. The third-order valence-corrected chi connectivity index (χ3v) is 5.18. The number of ketones is 2. The summed E-state index contributed by atoms with van der Waals surface area (Å²) in [5, 5.41) is 0. The first-order chi connectivity index (χ1) is 10.3. The summed E-state index contributed by atoms with van der Waals surface area (Å²) in [7, 11) is 1.56. The van der Waals surface area contributed by atoms with Gasteiger partial charge in [0.25, 0.3) is 0 Å². The van der Waals surface area contributed by atoms with Crippen LogP contribution in [-0.2, 0) is 14.3 Å². The maximum absolute atomic E-state index is 12.7. The van der Waals surface area contributed by atoms with Gasteiger partial charge in [-0.3, -0.25) is 9.59 Å². The molecule has 0 radical (unpaired) electrons. The summed E-state index contributed by atoms with van der Waals surface area (Å²) in [5.74, 6) is 0.894. The number of allylic oxidation sites excluding steroid dienone is 7. The molecule has 3 heteroatoms. The van der Waals surface area contributed by atoms with E-state index in [1.165, 1.54) is 0 Å². The SMILES string of the molecule is COC1=C(C(C)C)C2=C(C[C@@H]3C(=C2)C=CC(=O)C3(C)C)C1=O. The summed E-state index contributed by atoms with van der Waals surface area (Å²) in [6, 6.07) is 0. The van der Waals surface area contributed by atoms with E-state index in [1.807, 2.05) is 19.9 Å². The normalized spacial score (nSPS) is 26.5. The van der Waals surface area contributed by atoms with Crippen LogP contribution in [0.3, 0.4) is 0 Å². The van der Waals surface area contributed by atoms with Crippen LogP contribution in [0.5, 0.6) is 0 Å². The Bertz CT molecular complexity index is 696. The van der Waals surface area contributed by atoms with E-state index in [4.69, 9.17) is 4.74 Å². The maximum atomic E-state index is 12.7. The van der Waals surface area contributed by atoms with Gasteiger partial charge in [-0.25, -0.2) is 0 Å². The highest BCUT2D eigenvalue weighted by molar-refractivity contribution is 6.13. The Labute approximate surface area is 131 Å². The minimum absolute atomic E-state index is 0.00528. The van der Waals surface area contributed by atoms with Gasteiger partial charge in [0.05, 0.1) is 7.11 Å². The van der Waals surface area contributed by atoms with Crippen molar-refractivity contribution < 1.29 is 14.3 Å². The van der Waals surface area contributed by atoms with Gasteiger partial charge in [-0.15, -0.1) is 0 Å². The number of rotatable bonds is 2. The van der Waals surface area contributed by atoms with Crippen molar-refractivity contribution in [2.75, 3.05) is 7.11 Å². The summed E-state index contributed by atoms with van der Waals surface area (Å²) in [5.41, 5.74) is 3.50. The number of hydrogen-bond acceptors (Lipinski definition) is 3. The largest absolute Gasteiger partial charge is 0.492 e. The molecule has 3 aliphatic rings. The molecule has 116 valence electrons. The molecule has 0 saturated carbocycles. The predicted molar refractivity (Wildman–Crippen MR) is 85.0 cm³/mol. The molecule has 0 fully saturated rings. The average Bonchev–Trinajstić information content (AvgIpc) is 2.74. The molecular weight excluding hydrogens is 276 g/mol. The first-order valence-corrected chi connectivity index (χ1v) is 7.79. The second-order valence-corrected chi connectivity index (χ2v) is 7.14. The van der Waals surface area contributed by atoms with E-state index in [9.17, 15) is 9.59 Å². The second kappa shape index (κ2) is 4.80. The zero-order valence-electron chi connectivity index (χ0n) is 13.8. The van der Waals surface area contributed by atoms with Crippen LogP contribution in [0.4, 0.5) is 0 Å². The molecule has 22 heavy (non-hydrogen) atoms. The van der Waals surface area contributed by atoms with Gasteiger partial charge in [-0.1, -0.05) is 39.8 Å². The summed E-state index contributed by atoms with van der Waals surface area (Å²) in [6.45, 7) is 8.09. The molecule has 0 heterocycles. The van der Waals surface area contributed by atoms with Crippen molar-refractivity contribution >= 4 is 11.6 Å². The molecule has 0 aliphatic heterocycles. The van der Waals surface area contributed by atoms with Gasteiger partial charge in [0.1, 0.15) is 0 Å². The lowest BCUT2D eigenvalue weighted by Gasteiger charge is -2.38. The minimum Gasteiger partial charge on any atom is -0.492 e. The summed E-state index contributed by atoms with van der Waals surface area (Å²) in [6.07, 6.45) is 6.29. The summed E-state index contributed by atoms with van der Waals surface area (Å²) < 4.78 is 5.39. The molecule has 0 amide bonds. The zero-order valence-corrected chi connectivity index (χ0v) is 13.8. The van der Waals surface area contributed by atoms with Gasteiger partial charge < -0.3 is 4.74 Å². The van der Waals surface area contributed by atoms with Gasteiger partial charge >= 0.3 is 0 Å². The van der Waals surface area contributed by atoms with Crippen LogP contribution < -0.4 is 0 Å². The average molecular weight is 298 g/mol. The van der Waals surface area contributed by atoms with Crippen molar-refractivity contribution in [3.05, 3.63) is 46.3 Å². The Balaban J connectivity index is 2.13. The number of carbonyl (C=O) groups is 2. The van der Waals surface area contributed by atoms with E-state index < -0.39 is 5.41 Å². The Hall–Kier alpha value is -1.90. The Kier molecular flexibility index (Phi) is 3.28. The molecule has 0 unspecified atom stereocenters. The molecule has 3 nitrogen and oxygen atoms in total. The second-order valence-electron chi connectivity index (χ2n) is 7.14. The van der Waals surface area contributed by atoms with E-state index in [1.54, 1.807) is 13.2 Å². The van der Waals surface area contributed by atoms with E-state index in [0.717, 1.165) is 22.3 Å². The maximum Gasteiger partial charge on any atom is 0.224 e. The van der Waals surface area contributed by atoms with E-state index in [0.29, 0.717) is 12.2 Å². The van der Waals surface area contributed by atoms with Crippen molar-refractivity contribution in [3.8, 4) is 0 Å². The third-order valence-electron chi connectivity index (χ3n) is 5.18. The molecule has 0 N–H and O–H groups in total. The van der Waals surface area contributed by atoms with Crippen LogP contribution in [0.25, 0.3) is 0 Å². The smallest absolute Gasteiger partial charge is 0.224 e. The fourth-order valence-corrected chi connectivity index (χ4v) is 3.79. The van der Waals surface area contributed by atoms with Crippen LogP contribution in [0.2, 0.25) is 0 Å². The van der Waals surface area contributed by atoms with Crippen molar-refractivity contribution in [3.63, 3.8) is 0 Å². The van der Waals surface area contributed by atoms with Crippen LogP contribution in [0.1, 0.15) is 34.1 Å². The molecule has 1 atom stereocenters. The van der Waals surface area contributed by atoms with E-state index in [-0.39, 0.29) is 23.4 Å². The zero-order chi connectivity index (χ0) is 16.2. The molecule has 0 aromatic rings. The number of Topliss-reactive ketones (excluding diaryl/α,β-unsaturated/α-hetero) is 1. The van der Waals surface area contributed by atoms with E-state index >= 15 is 0 Å². The molecule has 3 rings (SSSR count). The van der Waals surface area contributed by atoms with E-state index in [2.05, 4.69) is 19.9 Å². The van der Waals surface area contributed by atoms with Gasteiger partial charge in [-0.2, -0.15) is 0 Å². The Morgan fingerprint density at radius 2 is 1.91 bits per heavy atom. The van der Waals surface area contributed by atoms with Gasteiger partial charge in [0.15, 0.2) is 11.5 Å². The fourth-order valence-electron chi connectivity index (χ4n) is 3.79. The number of ether oxygens (including phenoxy) is 1. The molecule has 0 aromatic heterocycles. The van der Waals surface area contributed by atoms with Gasteiger partial charge in [0, 0.05) is 22.5 Å². The highest BCUT2D eigenvalue weighted by atomic mass is 16.5. The van der Waals surface area contributed by atoms with Crippen LogP contribution >= 0.6 is 0 Å². The summed E-state index contributed by atoms with van der Waals surface area (Å²) >= 11 is 0. The molecule has 0 bridgehead atoms. The molecular formula is C19H22O3. The quantitative estimate of drug-likeness (QED) is 0.783. The van der Waals surface area contributed by atoms with Crippen LogP contribution in [0.15, 0.2) is 46.3 Å². The monoisotopic (exact) mass is 298 g/mol. The topological polar surface area (TPSA) is 43.4 Å². The standard InChI is InChI=1S/C19H22O3/c1-10(2)16-12-8-11-6-7-15(20)19(3,4)14(11)9-13(12)17(21)18(16)22-5/h6-8,10,14H,9H2,1-5H3/t14-/m1/s1. The lowest BCUT2D eigenvalue weighted by atomic mass is 9.63. The number of carbonyl (C=O) groups excluding carboxylic acids is 2. The first-order valence-electron chi connectivity index (χ1n) is 7.79. The van der Waals surface area contributed by atoms with Crippen LogP contribution in [-0.4, -0.2) is 18.7 Å². The molecule has 0 saturated heterocycles. The van der Waals surface area contributed by atoms with Crippen molar-refractivity contribution in [1.29, 1.82) is 0 Å². The number of fused-ring (bicyclic) bond motifs is 1. The molecule has 0 aromatic carbocycles. The third kappa shape index (κ3) is 1.88. The van der Waals surface area contributed by atoms with Gasteiger partial charge in [-0.05, 0) is 29.6 Å². The fraction of sp³-hybridized carbons (Fsp3) is 0.474. The van der Waals surface area contributed by atoms with Gasteiger partial charge in [0.2, 0.25) is 5.78 Å². The van der Waals surface area contributed by atoms with Crippen molar-refractivity contribution in [2.24, 2.45) is 17.3 Å². The van der Waals surface area contributed by atoms with Crippen molar-refractivity contribution in [1.82, 2.24) is 0 Å². The Morgan fingerprint density at radius 1 is 1.23 bits per heavy atom. The highest BCUT2D eigenvalue weighted by Crippen LogP contribution is 2.49. The number of methoxy groups -OCH3 is 1. The van der Waals surface area contributed by atoms with Crippen LogP contribution in [0, 0.1) is 17.3 Å². The molecule has 3 aliphatic carbocycles. The highest BCUT2D eigenvalue weighted by Gasteiger charge is 2.45. The Morgan fingerprint density at radius 3 is 2.50 bits per heavy atom. The van der Waals surface area contributed by atoms with Crippen molar-refractivity contribution in [2.45, 2.75) is 34.1 Å². The summed E-state index contributed by atoms with van der Waals surface area (Å²) in [4.78, 5) is 24.9. The number of hydrogen-bond donors (Lipinski definition) is 0. The first kappa shape index (κ1) is 15.0. The lowest BCUT2D eigenvalue weighted by Crippen LogP contribution is -2.37. The predicted octanol–water partition coefficient (Wildman–Crippen LogP) is 3.53.